The smallest absolute Gasteiger partial charge is 0.406 e. The molecule has 0 radical (unpaired) electrons. The molecule has 1 aromatic heterocycles. The minimum absolute atomic E-state index is 0.259. The van der Waals surface area contributed by atoms with Gasteiger partial charge in [-0.1, -0.05) is 13.3 Å². The molecule has 112 valence electrons. The molecular formula is C15H15F3N2O. The molecule has 1 heterocycles. The van der Waals surface area contributed by atoms with Crippen molar-refractivity contribution in [3.63, 3.8) is 0 Å². The maximum absolute atomic E-state index is 12.1. The van der Waals surface area contributed by atoms with Gasteiger partial charge in [-0.15, -0.1) is 13.2 Å². The number of halogens is 3. The third-order valence-electron chi connectivity index (χ3n) is 2.87. The number of unbranched alkanes of at least 4 members (excludes halogenated alkanes) is 1. The normalized spacial score (nSPS) is 11.4. The molecule has 1 aromatic carbocycles. The number of aromatic nitrogens is 2. The van der Waals surface area contributed by atoms with E-state index in [1.165, 1.54) is 24.3 Å². The fourth-order valence-electron chi connectivity index (χ4n) is 1.82. The van der Waals surface area contributed by atoms with E-state index in [2.05, 4.69) is 21.6 Å². The first-order valence-corrected chi connectivity index (χ1v) is 6.65. The Bertz CT molecular complexity index is 565. The van der Waals surface area contributed by atoms with E-state index in [0.717, 1.165) is 24.8 Å². The minimum Gasteiger partial charge on any atom is -0.406 e. The standard InChI is InChI=1S/C15H15F3N2O/c1-2-3-4-11-9-19-14(20-10-11)12-5-7-13(8-6-12)21-15(16,17)18/h5-10H,2-4H2,1H3. The van der Waals surface area contributed by atoms with Crippen molar-refractivity contribution >= 4 is 0 Å². The van der Waals surface area contributed by atoms with Crippen molar-refractivity contribution in [1.82, 2.24) is 9.97 Å². The summed E-state index contributed by atoms with van der Waals surface area (Å²) in [5.74, 6) is 0.222. The average molecular weight is 296 g/mol. The number of alkyl halides is 3. The maximum Gasteiger partial charge on any atom is 0.573 e. The second-order valence-electron chi connectivity index (χ2n) is 4.59. The van der Waals surface area contributed by atoms with Crippen LogP contribution in [0.4, 0.5) is 13.2 Å². The van der Waals surface area contributed by atoms with Gasteiger partial charge in [-0.3, -0.25) is 0 Å². The second-order valence-corrected chi connectivity index (χ2v) is 4.59. The predicted molar refractivity (Wildman–Crippen MR) is 72.8 cm³/mol. The number of rotatable bonds is 5. The van der Waals surface area contributed by atoms with E-state index < -0.39 is 6.36 Å². The Morgan fingerprint density at radius 3 is 2.19 bits per heavy atom. The van der Waals surface area contributed by atoms with Crippen LogP contribution in [0.3, 0.4) is 0 Å². The maximum atomic E-state index is 12.1. The zero-order valence-electron chi connectivity index (χ0n) is 11.5. The van der Waals surface area contributed by atoms with Crippen LogP contribution < -0.4 is 4.74 Å². The molecule has 0 atom stereocenters. The minimum atomic E-state index is -4.68. The van der Waals surface area contributed by atoms with Gasteiger partial charge in [-0.05, 0) is 42.7 Å². The van der Waals surface area contributed by atoms with Gasteiger partial charge in [-0.25, -0.2) is 9.97 Å². The van der Waals surface area contributed by atoms with Gasteiger partial charge in [0.15, 0.2) is 5.82 Å². The monoisotopic (exact) mass is 296 g/mol. The van der Waals surface area contributed by atoms with E-state index in [1.807, 2.05) is 0 Å². The second kappa shape index (κ2) is 6.56. The van der Waals surface area contributed by atoms with E-state index in [-0.39, 0.29) is 5.75 Å². The first-order chi connectivity index (χ1) is 9.98. The summed E-state index contributed by atoms with van der Waals surface area (Å²) in [6.07, 6.45) is 1.92. The number of aryl methyl sites for hydroxylation is 1. The lowest BCUT2D eigenvalue weighted by molar-refractivity contribution is -0.274. The summed E-state index contributed by atoms with van der Waals surface area (Å²) in [6, 6.07) is 5.50. The molecule has 0 N–H and O–H groups in total. The van der Waals surface area contributed by atoms with Gasteiger partial charge in [0.05, 0.1) is 0 Å². The average Bonchev–Trinajstić information content (AvgIpc) is 2.45. The number of hydrogen-bond acceptors (Lipinski definition) is 3. The van der Waals surface area contributed by atoms with Crippen molar-refractivity contribution in [2.24, 2.45) is 0 Å². The molecule has 0 aliphatic heterocycles. The summed E-state index contributed by atoms with van der Waals surface area (Å²) in [4.78, 5) is 8.46. The molecule has 2 rings (SSSR count). The fraction of sp³-hybridized carbons (Fsp3) is 0.333. The molecule has 0 saturated carbocycles. The van der Waals surface area contributed by atoms with Crippen molar-refractivity contribution < 1.29 is 17.9 Å². The van der Waals surface area contributed by atoms with Crippen LogP contribution in [0.15, 0.2) is 36.7 Å². The van der Waals surface area contributed by atoms with Gasteiger partial charge in [0, 0.05) is 18.0 Å². The first-order valence-electron chi connectivity index (χ1n) is 6.65. The van der Waals surface area contributed by atoms with Crippen molar-refractivity contribution in [2.45, 2.75) is 32.5 Å². The van der Waals surface area contributed by atoms with Crippen LogP contribution in [0.25, 0.3) is 11.4 Å². The van der Waals surface area contributed by atoms with E-state index in [4.69, 9.17) is 0 Å². The summed E-state index contributed by atoms with van der Waals surface area (Å²) in [5.41, 5.74) is 1.70. The summed E-state index contributed by atoms with van der Waals surface area (Å²) in [5, 5.41) is 0. The summed E-state index contributed by atoms with van der Waals surface area (Å²) >= 11 is 0. The molecular weight excluding hydrogens is 281 g/mol. The number of ether oxygens (including phenoxy) is 1. The zero-order chi connectivity index (χ0) is 15.3. The molecule has 0 unspecified atom stereocenters. The number of benzene rings is 1. The van der Waals surface area contributed by atoms with Crippen molar-refractivity contribution in [1.29, 1.82) is 0 Å². The highest BCUT2D eigenvalue weighted by molar-refractivity contribution is 5.55. The zero-order valence-corrected chi connectivity index (χ0v) is 11.5. The van der Waals surface area contributed by atoms with Crippen molar-refractivity contribution in [3.05, 3.63) is 42.2 Å². The predicted octanol–water partition coefficient (Wildman–Crippen LogP) is 4.38. The van der Waals surface area contributed by atoms with Crippen LogP contribution in [0.5, 0.6) is 5.75 Å². The molecule has 6 heteroatoms. The lowest BCUT2D eigenvalue weighted by Crippen LogP contribution is -2.16. The van der Waals surface area contributed by atoms with Gasteiger partial charge < -0.3 is 4.74 Å². The van der Waals surface area contributed by atoms with Gasteiger partial charge >= 0.3 is 6.36 Å². The van der Waals surface area contributed by atoms with E-state index in [1.54, 1.807) is 12.4 Å². The van der Waals surface area contributed by atoms with Crippen molar-refractivity contribution in [3.8, 4) is 17.1 Å². The SMILES string of the molecule is CCCCc1cnc(-c2ccc(OC(F)(F)F)cc2)nc1. The highest BCUT2D eigenvalue weighted by Crippen LogP contribution is 2.25. The third kappa shape index (κ3) is 4.73. The summed E-state index contributed by atoms with van der Waals surface area (Å²) in [7, 11) is 0. The van der Waals surface area contributed by atoms with Crippen LogP contribution in [0.1, 0.15) is 25.3 Å². The summed E-state index contributed by atoms with van der Waals surface area (Å²) < 4.78 is 40.0. The Kier molecular flexibility index (Phi) is 4.77. The largest absolute Gasteiger partial charge is 0.573 e. The number of hydrogen-bond donors (Lipinski definition) is 0. The van der Waals surface area contributed by atoms with Gasteiger partial charge in [-0.2, -0.15) is 0 Å². The number of nitrogens with zero attached hydrogens (tertiary/aromatic N) is 2. The van der Waals surface area contributed by atoms with Crippen molar-refractivity contribution in [2.75, 3.05) is 0 Å². The van der Waals surface area contributed by atoms with Crippen LogP contribution in [-0.4, -0.2) is 16.3 Å². The molecule has 0 fully saturated rings. The van der Waals surface area contributed by atoms with E-state index in [9.17, 15) is 13.2 Å². The topological polar surface area (TPSA) is 35.0 Å². The molecule has 0 aliphatic rings. The lowest BCUT2D eigenvalue weighted by Gasteiger charge is -2.09. The van der Waals surface area contributed by atoms with Crippen LogP contribution in [-0.2, 0) is 6.42 Å². The summed E-state index contributed by atoms with van der Waals surface area (Å²) in [6.45, 7) is 2.11. The van der Waals surface area contributed by atoms with Crippen LogP contribution in [0, 0.1) is 0 Å². The third-order valence-corrected chi connectivity index (χ3v) is 2.87. The molecule has 0 bridgehead atoms. The fourth-order valence-corrected chi connectivity index (χ4v) is 1.82. The Morgan fingerprint density at radius 2 is 1.67 bits per heavy atom. The molecule has 0 aliphatic carbocycles. The quantitative estimate of drug-likeness (QED) is 0.821. The van der Waals surface area contributed by atoms with E-state index in [0.29, 0.717) is 11.4 Å². The Hall–Kier alpha value is -2.11. The lowest BCUT2D eigenvalue weighted by atomic mass is 10.1. The molecule has 3 nitrogen and oxygen atoms in total. The van der Waals surface area contributed by atoms with E-state index >= 15 is 0 Å². The molecule has 21 heavy (non-hydrogen) atoms. The highest BCUT2D eigenvalue weighted by Gasteiger charge is 2.30. The van der Waals surface area contributed by atoms with Gasteiger partial charge in [0.1, 0.15) is 5.75 Å². The Balaban J connectivity index is 2.08. The van der Waals surface area contributed by atoms with Crippen LogP contribution >= 0.6 is 0 Å². The van der Waals surface area contributed by atoms with Gasteiger partial charge in [0.25, 0.3) is 0 Å². The Labute approximate surface area is 120 Å². The molecule has 0 amide bonds. The van der Waals surface area contributed by atoms with Gasteiger partial charge in [0.2, 0.25) is 0 Å². The Morgan fingerprint density at radius 1 is 1.05 bits per heavy atom. The highest BCUT2D eigenvalue weighted by atomic mass is 19.4. The molecule has 0 spiro atoms. The molecule has 0 saturated heterocycles. The van der Waals surface area contributed by atoms with Crippen LogP contribution in [0.2, 0.25) is 0 Å². The molecule has 2 aromatic rings. The first kappa shape index (κ1) is 15.3.